The highest BCUT2D eigenvalue weighted by molar-refractivity contribution is 6.32. The number of esters is 1. The minimum atomic E-state index is -0.472. The number of carbonyl (C=O) groups is 1. The van der Waals surface area contributed by atoms with E-state index in [1.54, 1.807) is 18.2 Å². The highest BCUT2D eigenvalue weighted by atomic mass is 35.5. The number of hydrogen-bond acceptors (Lipinski definition) is 2. The summed E-state index contributed by atoms with van der Waals surface area (Å²) in [5.74, 6) is -0.472. The Bertz CT molecular complexity index is 369. The predicted octanol–water partition coefficient (Wildman–Crippen LogP) is 3.04. The summed E-state index contributed by atoms with van der Waals surface area (Å²) < 4.78 is 4.50. The van der Waals surface area contributed by atoms with Gasteiger partial charge >= 0.3 is 5.97 Å². The second-order valence-corrected chi connectivity index (χ2v) is 2.87. The van der Waals surface area contributed by atoms with Crippen LogP contribution in [0.25, 0.3) is 6.08 Å². The summed E-state index contributed by atoms with van der Waals surface area (Å²) in [5, 5.41) is 0.593. The smallest absolute Gasteiger partial charge is 0.335 e. The van der Waals surface area contributed by atoms with Crippen LogP contribution in [0.3, 0.4) is 0 Å². The lowest BCUT2D eigenvalue weighted by atomic mass is 10.2. The zero-order chi connectivity index (χ0) is 10.4. The number of halogens is 1. The van der Waals surface area contributed by atoms with E-state index in [-0.39, 0.29) is 0 Å². The van der Waals surface area contributed by atoms with Crippen molar-refractivity contribution in [2.24, 2.45) is 0 Å². The van der Waals surface area contributed by atoms with E-state index in [2.05, 4.69) is 11.3 Å². The van der Waals surface area contributed by atoms with Crippen LogP contribution >= 0.6 is 11.6 Å². The molecule has 3 heteroatoms. The Kier molecular flexibility index (Phi) is 3.95. The standard InChI is InChI=1S/C11H9ClO2/c1-2-14-11(13)8-7-9-5-3-4-6-10(9)12/h2-8H,1H2. The van der Waals surface area contributed by atoms with E-state index in [9.17, 15) is 4.79 Å². The Morgan fingerprint density at radius 1 is 1.43 bits per heavy atom. The summed E-state index contributed by atoms with van der Waals surface area (Å²) in [5.41, 5.74) is 0.773. The SMILES string of the molecule is C=COC(=O)C=Cc1ccccc1Cl. The molecular formula is C11H9ClO2. The third-order valence-electron chi connectivity index (χ3n) is 1.50. The topological polar surface area (TPSA) is 26.3 Å². The predicted molar refractivity (Wildman–Crippen MR) is 56.8 cm³/mol. The van der Waals surface area contributed by atoms with Crippen molar-refractivity contribution in [3.05, 3.63) is 53.8 Å². The van der Waals surface area contributed by atoms with Gasteiger partial charge in [0, 0.05) is 11.1 Å². The van der Waals surface area contributed by atoms with Gasteiger partial charge in [0.2, 0.25) is 0 Å². The van der Waals surface area contributed by atoms with Crippen LogP contribution in [0.15, 0.2) is 43.2 Å². The van der Waals surface area contributed by atoms with E-state index in [0.717, 1.165) is 11.8 Å². The first-order valence-electron chi connectivity index (χ1n) is 3.98. The van der Waals surface area contributed by atoms with Crippen LogP contribution in [0.1, 0.15) is 5.56 Å². The molecule has 0 amide bonds. The molecule has 0 heterocycles. The summed E-state index contributed by atoms with van der Waals surface area (Å²) in [4.78, 5) is 10.9. The van der Waals surface area contributed by atoms with E-state index < -0.39 is 5.97 Å². The van der Waals surface area contributed by atoms with E-state index in [0.29, 0.717) is 5.02 Å². The molecule has 0 saturated carbocycles. The number of carbonyl (C=O) groups excluding carboxylic acids is 1. The quantitative estimate of drug-likeness (QED) is 0.434. The number of rotatable bonds is 3. The molecule has 0 atom stereocenters. The van der Waals surface area contributed by atoms with Crippen LogP contribution in [0.5, 0.6) is 0 Å². The molecule has 1 aromatic carbocycles. The van der Waals surface area contributed by atoms with Gasteiger partial charge in [-0.05, 0) is 17.7 Å². The molecule has 0 aliphatic heterocycles. The second-order valence-electron chi connectivity index (χ2n) is 2.46. The largest absolute Gasteiger partial charge is 0.432 e. The average molecular weight is 209 g/mol. The fraction of sp³-hybridized carbons (Fsp3) is 0. The first-order valence-corrected chi connectivity index (χ1v) is 4.36. The van der Waals surface area contributed by atoms with Gasteiger partial charge < -0.3 is 4.74 Å². The molecular weight excluding hydrogens is 200 g/mol. The van der Waals surface area contributed by atoms with Crippen LogP contribution in [0.4, 0.5) is 0 Å². The van der Waals surface area contributed by atoms with Gasteiger partial charge in [0.25, 0.3) is 0 Å². The number of hydrogen-bond donors (Lipinski definition) is 0. The molecule has 72 valence electrons. The van der Waals surface area contributed by atoms with Gasteiger partial charge in [-0.1, -0.05) is 36.4 Å². The Balaban J connectivity index is 2.73. The van der Waals surface area contributed by atoms with Crippen LogP contribution in [-0.4, -0.2) is 5.97 Å². The zero-order valence-electron chi connectivity index (χ0n) is 7.44. The molecule has 2 nitrogen and oxygen atoms in total. The minimum Gasteiger partial charge on any atom is -0.432 e. The molecule has 0 unspecified atom stereocenters. The molecule has 1 aromatic rings. The molecule has 0 spiro atoms. The fourth-order valence-corrected chi connectivity index (χ4v) is 1.09. The maximum atomic E-state index is 10.9. The van der Waals surface area contributed by atoms with Gasteiger partial charge in [-0.25, -0.2) is 4.79 Å². The number of benzene rings is 1. The van der Waals surface area contributed by atoms with Crippen molar-refractivity contribution >= 4 is 23.6 Å². The second kappa shape index (κ2) is 5.25. The third-order valence-corrected chi connectivity index (χ3v) is 1.85. The molecule has 0 saturated heterocycles. The Morgan fingerprint density at radius 3 is 2.79 bits per heavy atom. The van der Waals surface area contributed by atoms with Gasteiger partial charge in [0.15, 0.2) is 0 Å². The van der Waals surface area contributed by atoms with Crippen molar-refractivity contribution in [3.8, 4) is 0 Å². The van der Waals surface area contributed by atoms with Crippen molar-refractivity contribution in [2.45, 2.75) is 0 Å². The van der Waals surface area contributed by atoms with E-state index in [4.69, 9.17) is 11.6 Å². The van der Waals surface area contributed by atoms with Crippen molar-refractivity contribution in [2.75, 3.05) is 0 Å². The molecule has 14 heavy (non-hydrogen) atoms. The summed E-state index contributed by atoms with van der Waals surface area (Å²) >= 11 is 5.86. The monoisotopic (exact) mass is 208 g/mol. The van der Waals surface area contributed by atoms with Gasteiger partial charge in [-0.2, -0.15) is 0 Å². The molecule has 1 rings (SSSR count). The lowest BCUT2D eigenvalue weighted by molar-refractivity contribution is -0.132. The Labute approximate surface area is 87.5 Å². The van der Waals surface area contributed by atoms with E-state index in [1.807, 2.05) is 12.1 Å². The van der Waals surface area contributed by atoms with Crippen LogP contribution < -0.4 is 0 Å². The molecule has 0 fully saturated rings. The van der Waals surface area contributed by atoms with E-state index in [1.165, 1.54) is 6.08 Å². The minimum absolute atomic E-state index is 0.472. The van der Waals surface area contributed by atoms with E-state index >= 15 is 0 Å². The van der Waals surface area contributed by atoms with Crippen molar-refractivity contribution in [1.29, 1.82) is 0 Å². The maximum Gasteiger partial charge on any atom is 0.335 e. The van der Waals surface area contributed by atoms with Gasteiger partial charge in [-0.3, -0.25) is 0 Å². The lowest BCUT2D eigenvalue weighted by Crippen LogP contribution is -1.92. The molecule has 0 aliphatic rings. The van der Waals surface area contributed by atoms with Crippen molar-refractivity contribution < 1.29 is 9.53 Å². The van der Waals surface area contributed by atoms with Gasteiger partial charge in [0.05, 0.1) is 6.26 Å². The molecule has 0 aromatic heterocycles. The van der Waals surface area contributed by atoms with Crippen LogP contribution in [0.2, 0.25) is 5.02 Å². The van der Waals surface area contributed by atoms with Crippen LogP contribution in [0, 0.1) is 0 Å². The maximum absolute atomic E-state index is 10.9. The zero-order valence-corrected chi connectivity index (χ0v) is 8.20. The summed E-state index contributed by atoms with van der Waals surface area (Å²) in [6.07, 6.45) is 3.97. The van der Waals surface area contributed by atoms with Gasteiger partial charge in [-0.15, -0.1) is 0 Å². The molecule has 0 aliphatic carbocycles. The Hall–Kier alpha value is -1.54. The summed E-state index contributed by atoms with van der Waals surface area (Å²) in [6, 6.07) is 7.21. The highest BCUT2D eigenvalue weighted by Gasteiger charge is 1.96. The molecule has 0 bridgehead atoms. The van der Waals surface area contributed by atoms with Gasteiger partial charge in [0.1, 0.15) is 0 Å². The average Bonchev–Trinajstić information content (AvgIpc) is 2.17. The third kappa shape index (κ3) is 3.07. The summed E-state index contributed by atoms with van der Waals surface area (Å²) in [6.45, 7) is 3.27. The van der Waals surface area contributed by atoms with Crippen LogP contribution in [-0.2, 0) is 9.53 Å². The Morgan fingerprint density at radius 2 is 2.14 bits per heavy atom. The van der Waals surface area contributed by atoms with Crippen molar-refractivity contribution in [1.82, 2.24) is 0 Å². The first-order chi connectivity index (χ1) is 6.74. The van der Waals surface area contributed by atoms with Crippen molar-refractivity contribution in [3.63, 3.8) is 0 Å². The lowest BCUT2D eigenvalue weighted by Gasteiger charge is -1.95. The first kappa shape index (κ1) is 10.5. The summed E-state index contributed by atoms with van der Waals surface area (Å²) in [7, 11) is 0. The highest BCUT2D eigenvalue weighted by Crippen LogP contribution is 2.16. The molecule has 0 radical (unpaired) electrons. The molecule has 0 N–H and O–H groups in total. The normalized spacial score (nSPS) is 10.1. The fourth-order valence-electron chi connectivity index (χ4n) is 0.889. The number of ether oxygens (including phenoxy) is 1.